The average molecular weight is 319 g/mol. The Hall–Kier alpha value is -2.95. The van der Waals surface area contributed by atoms with Gasteiger partial charge < -0.3 is 10.2 Å². The quantitative estimate of drug-likeness (QED) is 0.745. The lowest BCUT2D eigenvalue weighted by Gasteiger charge is -2.21. The van der Waals surface area contributed by atoms with E-state index in [-0.39, 0.29) is 0 Å². The first-order chi connectivity index (χ1) is 11.8. The van der Waals surface area contributed by atoms with Crippen LogP contribution in [0.4, 0.5) is 17.5 Å². The van der Waals surface area contributed by atoms with Crippen molar-refractivity contribution in [3.05, 3.63) is 71.9 Å². The van der Waals surface area contributed by atoms with Gasteiger partial charge in [0.2, 0.25) is 0 Å². The molecule has 0 aliphatic heterocycles. The van der Waals surface area contributed by atoms with Crippen molar-refractivity contribution in [1.29, 1.82) is 0 Å². The van der Waals surface area contributed by atoms with E-state index in [1.807, 2.05) is 29.2 Å². The van der Waals surface area contributed by atoms with E-state index in [0.29, 0.717) is 12.5 Å². The second-order valence-corrected chi connectivity index (χ2v) is 5.56. The Labute approximate surface area is 142 Å². The average Bonchev–Trinajstić information content (AvgIpc) is 2.62. The summed E-state index contributed by atoms with van der Waals surface area (Å²) in [7, 11) is 0. The van der Waals surface area contributed by atoms with E-state index < -0.39 is 0 Å². The van der Waals surface area contributed by atoms with Gasteiger partial charge in [-0.3, -0.25) is 0 Å². The van der Waals surface area contributed by atoms with Crippen LogP contribution in [0.1, 0.15) is 18.1 Å². The Balaban J connectivity index is 1.78. The minimum atomic E-state index is 0.598. The highest BCUT2D eigenvalue weighted by Gasteiger charge is 2.11. The lowest BCUT2D eigenvalue weighted by atomic mass is 10.2. The van der Waals surface area contributed by atoms with Gasteiger partial charge in [-0.05, 0) is 37.1 Å². The van der Waals surface area contributed by atoms with Gasteiger partial charge in [0.05, 0.1) is 6.20 Å². The fourth-order valence-corrected chi connectivity index (χ4v) is 2.52. The zero-order chi connectivity index (χ0) is 16.8. The number of hydrogen-bond acceptors (Lipinski definition) is 5. The SMILES string of the molecule is CCN(c1cccc(C)c1)c1nncc(NCc2ccccc2)n1. The molecule has 24 heavy (non-hydrogen) atoms. The first-order valence-corrected chi connectivity index (χ1v) is 8.08. The highest BCUT2D eigenvalue weighted by molar-refractivity contribution is 5.58. The number of nitrogens with one attached hydrogen (secondary N) is 1. The summed E-state index contributed by atoms with van der Waals surface area (Å²) in [6.07, 6.45) is 1.65. The molecule has 0 unspecified atom stereocenters. The minimum absolute atomic E-state index is 0.598. The minimum Gasteiger partial charge on any atom is -0.365 e. The molecule has 0 atom stereocenters. The van der Waals surface area contributed by atoms with Gasteiger partial charge in [-0.1, -0.05) is 42.5 Å². The smallest absolute Gasteiger partial charge is 0.251 e. The summed E-state index contributed by atoms with van der Waals surface area (Å²) in [6.45, 7) is 5.63. The number of benzene rings is 2. The first-order valence-electron chi connectivity index (χ1n) is 8.08. The van der Waals surface area contributed by atoms with Crippen molar-refractivity contribution in [2.75, 3.05) is 16.8 Å². The molecule has 122 valence electrons. The summed E-state index contributed by atoms with van der Waals surface area (Å²) in [5.41, 5.74) is 3.47. The van der Waals surface area contributed by atoms with E-state index in [0.717, 1.165) is 18.1 Å². The van der Waals surface area contributed by atoms with E-state index in [4.69, 9.17) is 0 Å². The van der Waals surface area contributed by atoms with Crippen LogP contribution >= 0.6 is 0 Å². The van der Waals surface area contributed by atoms with Crippen LogP contribution in [0.25, 0.3) is 0 Å². The Kier molecular flexibility index (Phi) is 5.01. The standard InChI is InChI=1S/C19H21N5/c1-3-24(17-11-7-8-15(2)12-17)19-22-18(14-21-23-19)20-13-16-9-5-4-6-10-16/h4-12,14H,3,13H2,1-2H3,(H,20,22,23). The summed E-state index contributed by atoms with van der Waals surface area (Å²) >= 11 is 0. The van der Waals surface area contributed by atoms with Gasteiger partial charge in [-0.25, -0.2) is 0 Å². The van der Waals surface area contributed by atoms with Crippen LogP contribution in [0.2, 0.25) is 0 Å². The topological polar surface area (TPSA) is 53.9 Å². The molecule has 5 heteroatoms. The van der Waals surface area contributed by atoms with Crippen molar-refractivity contribution >= 4 is 17.5 Å². The molecule has 0 fully saturated rings. The maximum atomic E-state index is 4.61. The van der Waals surface area contributed by atoms with Gasteiger partial charge >= 0.3 is 0 Å². The number of aryl methyl sites for hydroxylation is 1. The molecule has 3 aromatic rings. The molecular formula is C19H21N5. The van der Waals surface area contributed by atoms with E-state index in [1.165, 1.54) is 11.1 Å². The van der Waals surface area contributed by atoms with Crippen LogP contribution in [0.3, 0.4) is 0 Å². The number of rotatable bonds is 6. The third kappa shape index (κ3) is 3.87. The monoisotopic (exact) mass is 319 g/mol. The maximum absolute atomic E-state index is 4.61. The Bertz CT molecular complexity index is 789. The molecule has 0 spiro atoms. The molecule has 2 aromatic carbocycles. The van der Waals surface area contributed by atoms with Crippen LogP contribution in [0.5, 0.6) is 0 Å². The molecule has 0 saturated heterocycles. The van der Waals surface area contributed by atoms with Crippen LogP contribution < -0.4 is 10.2 Å². The number of nitrogens with zero attached hydrogens (tertiary/aromatic N) is 4. The van der Waals surface area contributed by atoms with Crippen LogP contribution in [0, 0.1) is 6.92 Å². The number of anilines is 3. The Morgan fingerprint density at radius 3 is 2.62 bits per heavy atom. The highest BCUT2D eigenvalue weighted by atomic mass is 15.3. The van der Waals surface area contributed by atoms with Gasteiger partial charge in [-0.2, -0.15) is 10.1 Å². The molecule has 0 saturated carbocycles. The second kappa shape index (κ2) is 7.55. The van der Waals surface area contributed by atoms with Crippen molar-refractivity contribution < 1.29 is 0 Å². The summed E-state index contributed by atoms with van der Waals surface area (Å²) in [5.74, 6) is 1.32. The van der Waals surface area contributed by atoms with Crippen molar-refractivity contribution in [3.63, 3.8) is 0 Å². The number of hydrogen-bond donors (Lipinski definition) is 1. The largest absolute Gasteiger partial charge is 0.365 e. The van der Waals surface area contributed by atoms with Crippen molar-refractivity contribution in [2.24, 2.45) is 0 Å². The van der Waals surface area contributed by atoms with E-state index in [9.17, 15) is 0 Å². The molecular weight excluding hydrogens is 298 g/mol. The molecule has 1 aromatic heterocycles. The molecule has 0 aliphatic rings. The third-order valence-corrected chi connectivity index (χ3v) is 3.74. The number of aromatic nitrogens is 3. The highest BCUT2D eigenvalue weighted by Crippen LogP contribution is 2.23. The Morgan fingerprint density at radius 1 is 1.04 bits per heavy atom. The molecule has 0 bridgehead atoms. The zero-order valence-electron chi connectivity index (χ0n) is 14.0. The first kappa shape index (κ1) is 15.9. The molecule has 0 radical (unpaired) electrons. The normalized spacial score (nSPS) is 10.4. The summed E-state index contributed by atoms with van der Waals surface area (Å²) in [5, 5.41) is 11.6. The van der Waals surface area contributed by atoms with Gasteiger partial charge in [0, 0.05) is 18.8 Å². The predicted molar refractivity (Wildman–Crippen MR) is 97.5 cm³/mol. The molecule has 0 aliphatic carbocycles. The molecule has 1 heterocycles. The predicted octanol–water partition coefficient (Wildman–Crippen LogP) is 3.95. The Morgan fingerprint density at radius 2 is 1.88 bits per heavy atom. The lowest BCUT2D eigenvalue weighted by Crippen LogP contribution is -2.20. The van der Waals surface area contributed by atoms with E-state index >= 15 is 0 Å². The fourth-order valence-electron chi connectivity index (χ4n) is 2.52. The van der Waals surface area contributed by atoms with Crippen LogP contribution in [-0.4, -0.2) is 21.7 Å². The van der Waals surface area contributed by atoms with Crippen molar-refractivity contribution in [1.82, 2.24) is 15.2 Å². The van der Waals surface area contributed by atoms with Gasteiger partial charge in [0.25, 0.3) is 5.95 Å². The van der Waals surface area contributed by atoms with Crippen LogP contribution in [-0.2, 0) is 6.54 Å². The third-order valence-electron chi connectivity index (χ3n) is 3.74. The maximum Gasteiger partial charge on any atom is 0.251 e. The molecule has 1 N–H and O–H groups in total. The zero-order valence-corrected chi connectivity index (χ0v) is 14.0. The fraction of sp³-hybridized carbons (Fsp3) is 0.211. The van der Waals surface area contributed by atoms with Gasteiger partial charge in [0.15, 0.2) is 5.82 Å². The van der Waals surface area contributed by atoms with Gasteiger partial charge in [0.1, 0.15) is 0 Å². The van der Waals surface area contributed by atoms with E-state index in [2.05, 4.69) is 64.7 Å². The summed E-state index contributed by atoms with van der Waals surface area (Å²) in [4.78, 5) is 6.66. The molecule has 0 amide bonds. The second-order valence-electron chi connectivity index (χ2n) is 5.56. The van der Waals surface area contributed by atoms with Crippen molar-refractivity contribution in [3.8, 4) is 0 Å². The molecule has 5 nitrogen and oxygen atoms in total. The summed E-state index contributed by atoms with van der Waals surface area (Å²) in [6, 6.07) is 18.5. The lowest BCUT2D eigenvalue weighted by molar-refractivity contribution is 0.880. The van der Waals surface area contributed by atoms with Gasteiger partial charge in [-0.15, -0.1) is 5.10 Å². The molecule has 3 rings (SSSR count). The van der Waals surface area contributed by atoms with Crippen LogP contribution in [0.15, 0.2) is 60.8 Å². The van der Waals surface area contributed by atoms with E-state index in [1.54, 1.807) is 6.20 Å². The van der Waals surface area contributed by atoms with Crippen molar-refractivity contribution in [2.45, 2.75) is 20.4 Å². The summed E-state index contributed by atoms with van der Waals surface area (Å²) < 4.78 is 0.